The summed E-state index contributed by atoms with van der Waals surface area (Å²) in [4.78, 5) is 5.44. The lowest BCUT2D eigenvalue weighted by atomic mass is 10.2. The fraction of sp³-hybridized carbons (Fsp3) is 0.429. The van der Waals surface area contributed by atoms with Gasteiger partial charge in [0.1, 0.15) is 12.2 Å². The zero-order valence-corrected chi connectivity index (χ0v) is 12.4. The Morgan fingerprint density at radius 1 is 1.37 bits per heavy atom. The summed E-state index contributed by atoms with van der Waals surface area (Å²) >= 11 is 1.71. The molecule has 0 saturated heterocycles. The Bertz CT molecular complexity index is 548. The summed E-state index contributed by atoms with van der Waals surface area (Å²) in [7, 11) is 0. The molecule has 0 radical (unpaired) electrons. The molecule has 4 nitrogen and oxygen atoms in total. The van der Waals surface area contributed by atoms with Crippen molar-refractivity contribution in [3.8, 4) is 0 Å². The molecule has 102 valence electrons. The Morgan fingerprint density at radius 3 is 2.89 bits per heavy atom. The molecule has 0 aliphatic heterocycles. The van der Waals surface area contributed by atoms with Crippen molar-refractivity contribution in [2.45, 2.75) is 38.0 Å². The van der Waals surface area contributed by atoms with E-state index >= 15 is 0 Å². The van der Waals surface area contributed by atoms with Crippen LogP contribution >= 0.6 is 11.8 Å². The Morgan fingerprint density at radius 2 is 2.16 bits per heavy atom. The molecule has 0 saturated carbocycles. The Hall–Kier alpha value is -1.49. The van der Waals surface area contributed by atoms with Crippen LogP contribution in [0.15, 0.2) is 29.4 Å². The SMILES string of the molecule is Cc1cccc(SCc2ncnn2CC(C)C)c1N. The zero-order chi connectivity index (χ0) is 13.8. The van der Waals surface area contributed by atoms with Gasteiger partial charge in [-0.3, -0.25) is 0 Å². The van der Waals surface area contributed by atoms with Gasteiger partial charge in [0.15, 0.2) is 0 Å². The number of nitrogen functional groups attached to an aromatic ring is 1. The van der Waals surface area contributed by atoms with Crippen LogP contribution in [0.5, 0.6) is 0 Å². The van der Waals surface area contributed by atoms with Crippen molar-refractivity contribution >= 4 is 17.4 Å². The lowest BCUT2D eigenvalue weighted by Crippen LogP contribution is -2.09. The summed E-state index contributed by atoms with van der Waals surface area (Å²) in [5, 5.41) is 4.27. The summed E-state index contributed by atoms with van der Waals surface area (Å²) in [6, 6.07) is 6.11. The van der Waals surface area contributed by atoms with E-state index in [0.717, 1.165) is 34.3 Å². The molecule has 0 amide bonds. The maximum atomic E-state index is 6.08. The van der Waals surface area contributed by atoms with Crippen LogP contribution in [-0.4, -0.2) is 14.8 Å². The van der Waals surface area contributed by atoms with Gasteiger partial charge in [0.25, 0.3) is 0 Å². The highest BCUT2D eigenvalue weighted by Gasteiger charge is 2.08. The highest BCUT2D eigenvalue weighted by molar-refractivity contribution is 7.98. The van der Waals surface area contributed by atoms with Crippen LogP contribution in [0.4, 0.5) is 5.69 Å². The molecular formula is C14H20N4S. The zero-order valence-electron chi connectivity index (χ0n) is 11.6. The number of thioether (sulfide) groups is 1. The standard InChI is InChI=1S/C14H20N4S/c1-10(2)7-18-13(16-9-17-18)8-19-12-6-4-5-11(3)14(12)15/h4-6,9-10H,7-8,15H2,1-3H3. The van der Waals surface area contributed by atoms with Gasteiger partial charge >= 0.3 is 0 Å². The van der Waals surface area contributed by atoms with Crippen LogP contribution in [0.3, 0.4) is 0 Å². The highest BCUT2D eigenvalue weighted by Crippen LogP contribution is 2.29. The van der Waals surface area contributed by atoms with E-state index in [1.807, 2.05) is 23.7 Å². The third kappa shape index (κ3) is 3.50. The van der Waals surface area contributed by atoms with Gasteiger partial charge in [-0.1, -0.05) is 26.0 Å². The summed E-state index contributed by atoms with van der Waals surface area (Å²) in [5.74, 6) is 2.36. The molecule has 1 aromatic carbocycles. The van der Waals surface area contributed by atoms with Crippen molar-refractivity contribution in [3.63, 3.8) is 0 Å². The highest BCUT2D eigenvalue weighted by atomic mass is 32.2. The number of benzene rings is 1. The average Bonchev–Trinajstić information content (AvgIpc) is 2.78. The fourth-order valence-electron chi connectivity index (χ4n) is 1.82. The van der Waals surface area contributed by atoms with Crippen molar-refractivity contribution in [3.05, 3.63) is 35.9 Å². The summed E-state index contributed by atoms with van der Waals surface area (Å²) in [6.45, 7) is 7.29. The quantitative estimate of drug-likeness (QED) is 0.673. The molecule has 0 aliphatic carbocycles. The van der Waals surface area contributed by atoms with Crippen LogP contribution in [0.2, 0.25) is 0 Å². The van der Waals surface area contributed by atoms with E-state index in [-0.39, 0.29) is 0 Å². The summed E-state index contributed by atoms with van der Waals surface area (Å²) in [6.07, 6.45) is 1.62. The lowest BCUT2D eigenvalue weighted by Gasteiger charge is -2.10. The van der Waals surface area contributed by atoms with E-state index in [2.05, 4.69) is 30.0 Å². The molecular weight excluding hydrogens is 256 g/mol. The van der Waals surface area contributed by atoms with E-state index in [1.54, 1.807) is 18.1 Å². The summed E-state index contributed by atoms with van der Waals surface area (Å²) in [5.41, 5.74) is 8.06. The van der Waals surface area contributed by atoms with Crippen LogP contribution in [0.25, 0.3) is 0 Å². The number of nitrogens with two attached hydrogens (primary N) is 1. The molecule has 5 heteroatoms. The normalized spacial score (nSPS) is 11.2. The first-order valence-electron chi connectivity index (χ1n) is 6.42. The monoisotopic (exact) mass is 276 g/mol. The number of hydrogen-bond acceptors (Lipinski definition) is 4. The number of rotatable bonds is 5. The maximum absolute atomic E-state index is 6.08. The van der Waals surface area contributed by atoms with Gasteiger partial charge in [-0.25, -0.2) is 9.67 Å². The Balaban J connectivity index is 2.06. The minimum Gasteiger partial charge on any atom is -0.398 e. The minimum absolute atomic E-state index is 0.564. The van der Waals surface area contributed by atoms with Crippen LogP contribution in [0, 0.1) is 12.8 Å². The van der Waals surface area contributed by atoms with Crippen molar-refractivity contribution in [2.75, 3.05) is 5.73 Å². The number of aromatic nitrogens is 3. The molecule has 2 aromatic rings. The van der Waals surface area contributed by atoms with Crippen molar-refractivity contribution in [1.82, 2.24) is 14.8 Å². The molecule has 0 unspecified atom stereocenters. The number of hydrogen-bond donors (Lipinski definition) is 1. The smallest absolute Gasteiger partial charge is 0.138 e. The van der Waals surface area contributed by atoms with E-state index in [0.29, 0.717) is 5.92 Å². The summed E-state index contributed by atoms with van der Waals surface area (Å²) < 4.78 is 1.98. The first kappa shape index (κ1) is 13.9. The predicted octanol–water partition coefficient (Wildman–Crippen LogP) is 3.12. The average molecular weight is 276 g/mol. The number of aryl methyl sites for hydroxylation is 1. The second-order valence-electron chi connectivity index (χ2n) is 5.03. The molecule has 19 heavy (non-hydrogen) atoms. The molecule has 0 aliphatic rings. The minimum atomic E-state index is 0.564. The van der Waals surface area contributed by atoms with E-state index in [1.165, 1.54) is 0 Å². The van der Waals surface area contributed by atoms with E-state index < -0.39 is 0 Å². The van der Waals surface area contributed by atoms with Gasteiger partial charge < -0.3 is 5.73 Å². The van der Waals surface area contributed by atoms with Gasteiger partial charge in [-0.05, 0) is 24.5 Å². The van der Waals surface area contributed by atoms with Crippen LogP contribution in [0.1, 0.15) is 25.2 Å². The third-order valence-electron chi connectivity index (χ3n) is 2.87. The van der Waals surface area contributed by atoms with Gasteiger partial charge in [0.2, 0.25) is 0 Å². The van der Waals surface area contributed by atoms with E-state index in [9.17, 15) is 0 Å². The lowest BCUT2D eigenvalue weighted by molar-refractivity contribution is 0.472. The number of para-hydroxylation sites is 1. The molecule has 1 aromatic heterocycles. The van der Waals surface area contributed by atoms with Crippen molar-refractivity contribution in [2.24, 2.45) is 5.92 Å². The second-order valence-corrected chi connectivity index (χ2v) is 6.04. The molecule has 0 spiro atoms. The van der Waals surface area contributed by atoms with Gasteiger partial charge in [-0.2, -0.15) is 5.10 Å². The maximum Gasteiger partial charge on any atom is 0.138 e. The molecule has 0 bridgehead atoms. The van der Waals surface area contributed by atoms with Gasteiger partial charge in [0, 0.05) is 17.1 Å². The first-order valence-corrected chi connectivity index (χ1v) is 7.41. The first-order chi connectivity index (χ1) is 9.08. The number of nitrogens with zero attached hydrogens (tertiary/aromatic N) is 3. The molecule has 0 atom stereocenters. The molecule has 2 rings (SSSR count). The topological polar surface area (TPSA) is 56.7 Å². The van der Waals surface area contributed by atoms with Gasteiger partial charge in [-0.15, -0.1) is 11.8 Å². The third-order valence-corrected chi connectivity index (χ3v) is 3.94. The molecule has 0 fully saturated rings. The van der Waals surface area contributed by atoms with Crippen molar-refractivity contribution in [1.29, 1.82) is 0 Å². The number of anilines is 1. The van der Waals surface area contributed by atoms with Crippen LogP contribution < -0.4 is 5.73 Å². The Kier molecular flexibility index (Phi) is 4.47. The Labute approximate surface area is 118 Å². The molecule has 2 N–H and O–H groups in total. The van der Waals surface area contributed by atoms with Gasteiger partial charge in [0.05, 0.1) is 5.75 Å². The molecule has 1 heterocycles. The van der Waals surface area contributed by atoms with Crippen LogP contribution in [-0.2, 0) is 12.3 Å². The largest absolute Gasteiger partial charge is 0.398 e. The van der Waals surface area contributed by atoms with E-state index in [4.69, 9.17) is 5.73 Å². The second kappa shape index (κ2) is 6.10. The fourth-order valence-corrected chi connectivity index (χ4v) is 2.82. The predicted molar refractivity (Wildman–Crippen MR) is 80.0 cm³/mol. The van der Waals surface area contributed by atoms with Crippen molar-refractivity contribution < 1.29 is 0 Å².